The highest BCUT2D eigenvalue weighted by Crippen LogP contribution is 2.24. The van der Waals surface area contributed by atoms with E-state index in [2.05, 4.69) is 10.6 Å². The van der Waals surface area contributed by atoms with Crippen LogP contribution in [0.3, 0.4) is 0 Å². The molecular weight excluding hydrogens is 295 g/mol. The Kier molecular flexibility index (Phi) is 5.44. The second-order valence-electron chi connectivity index (χ2n) is 4.82. The fourth-order valence-electron chi connectivity index (χ4n) is 2.10. The van der Waals surface area contributed by atoms with Gasteiger partial charge in [-0.3, -0.25) is 0 Å². The summed E-state index contributed by atoms with van der Waals surface area (Å²) in [4.78, 5) is 22.6. The summed E-state index contributed by atoms with van der Waals surface area (Å²) in [7, 11) is 0. The molecule has 2 rings (SSSR count). The van der Waals surface area contributed by atoms with Gasteiger partial charge in [0.2, 0.25) is 0 Å². The lowest BCUT2D eigenvalue weighted by Gasteiger charge is -2.21. The number of anilines is 1. The molecule has 1 aliphatic rings. The minimum atomic E-state index is -1.17. The molecular formula is C14H17FN2O3S. The lowest BCUT2D eigenvalue weighted by Crippen LogP contribution is -2.35. The van der Waals surface area contributed by atoms with E-state index < -0.39 is 17.8 Å². The fraction of sp³-hybridized carbons (Fsp3) is 0.429. The zero-order valence-electron chi connectivity index (χ0n) is 11.4. The van der Waals surface area contributed by atoms with Crippen molar-refractivity contribution in [1.82, 2.24) is 5.32 Å². The topological polar surface area (TPSA) is 78.4 Å². The molecule has 3 N–H and O–H groups in total. The average Bonchev–Trinajstić information content (AvgIpc) is 2.48. The van der Waals surface area contributed by atoms with Gasteiger partial charge in [-0.2, -0.15) is 11.8 Å². The van der Waals surface area contributed by atoms with E-state index in [9.17, 15) is 14.0 Å². The molecule has 21 heavy (non-hydrogen) atoms. The van der Waals surface area contributed by atoms with Crippen molar-refractivity contribution in [3.05, 3.63) is 29.6 Å². The van der Waals surface area contributed by atoms with E-state index in [1.54, 1.807) is 0 Å². The van der Waals surface area contributed by atoms with Crippen LogP contribution in [0.1, 0.15) is 29.6 Å². The van der Waals surface area contributed by atoms with Gasteiger partial charge >= 0.3 is 12.0 Å². The Labute approximate surface area is 126 Å². The van der Waals surface area contributed by atoms with Crippen LogP contribution in [-0.2, 0) is 0 Å². The van der Waals surface area contributed by atoms with Crippen LogP contribution in [-0.4, -0.2) is 34.7 Å². The number of hydrogen-bond donors (Lipinski definition) is 3. The molecule has 2 amide bonds. The predicted octanol–water partition coefficient (Wildman–Crippen LogP) is 2.93. The number of carbonyl (C=O) groups is 2. The molecule has 0 spiro atoms. The Balaban J connectivity index is 1.89. The summed E-state index contributed by atoms with van der Waals surface area (Å²) < 4.78 is 13.5. The number of amides is 2. The van der Waals surface area contributed by atoms with Gasteiger partial charge in [0.25, 0.3) is 0 Å². The molecule has 1 aromatic carbocycles. The van der Waals surface area contributed by atoms with E-state index >= 15 is 0 Å². The van der Waals surface area contributed by atoms with Crippen LogP contribution in [0.5, 0.6) is 0 Å². The molecule has 114 valence electrons. The fourth-order valence-corrected chi connectivity index (χ4v) is 3.33. The normalized spacial score (nSPS) is 18.0. The predicted molar refractivity (Wildman–Crippen MR) is 80.5 cm³/mol. The smallest absolute Gasteiger partial charge is 0.335 e. The van der Waals surface area contributed by atoms with E-state index in [4.69, 9.17) is 5.11 Å². The van der Waals surface area contributed by atoms with Crippen molar-refractivity contribution in [2.45, 2.75) is 24.5 Å². The van der Waals surface area contributed by atoms with Gasteiger partial charge < -0.3 is 15.7 Å². The van der Waals surface area contributed by atoms with Crippen molar-refractivity contribution in [3.8, 4) is 0 Å². The van der Waals surface area contributed by atoms with Gasteiger partial charge in [0, 0.05) is 11.8 Å². The number of halogens is 1. The van der Waals surface area contributed by atoms with E-state index in [-0.39, 0.29) is 11.3 Å². The van der Waals surface area contributed by atoms with Crippen molar-refractivity contribution >= 4 is 29.4 Å². The number of carbonyl (C=O) groups excluding carboxylic acids is 1. The van der Waals surface area contributed by atoms with E-state index in [1.165, 1.54) is 6.42 Å². The Morgan fingerprint density at radius 2 is 2.19 bits per heavy atom. The zero-order chi connectivity index (χ0) is 15.2. The quantitative estimate of drug-likeness (QED) is 0.799. The molecule has 0 radical (unpaired) electrons. The summed E-state index contributed by atoms with van der Waals surface area (Å²) in [5.74, 6) is -0.734. The summed E-state index contributed by atoms with van der Waals surface area (Å²) in [6.07, 6.45) is 3.44. The third-order valence-corrected chi connectivity index (χ3v) is 4.62. The summed E-state index contributed by atoms with van der Waals surface area (Å²) in [6, 6.07) is 2.75. The number of carboxylic acids is 1. The first-order valence-electron chi connectivity index (χ1n) is 6.75. The maximum atomic E-state index is 13.5. The Hall–Kier alpha value is -1.76. The Morgan fingerprint density at radius 3 is 2.86 bits per heavy atom. The number of rotatable bonds is 4. The second kappa shape index (κ2) is 7.31. The van der Waals surface area contributed by atoms with Gasteiger partial charge in [0.15, 0.2) is 0 Å². The Bertz CT molecular complexity index is 533. The maximum Gasteiger partial charge on any atom is 0.335 e. The van der Waals surface area contributed by atoms with Crippen LogP contribution in [0, 0.1) is 5.82 Å². The third kappa shape index (κ3) is 4.63. The molecule has 0 bridgehead atoms. The zero-order valence-corrected chi connectivity index (χ0v) is 12.2. The van der Waals surface area contributed by atoms with Gasteiger partial charge in [0.1, 0.15) is 5.82 Å². The van der Waals surface area contributed by atoms with Gasteiger partial charge in [-0.15, -0.1) is 0 Å². The molecule has 0 saturated carbocycles. The van der Waals surface area contributed by atoms with Crippen LogP contribution in [0.25, 0.3) is 0 Å². The van der Waals surface area contributed by atoms with Gasteiger partial charge in [0.05, 0.1) is 11.3 Å². The van der Waals surface area contributed by atoms with E-state index in [0.29, 0.717) is 11.8 Å². The van der Waals surface area contributed by atoms with Crippen molar-refractivity contribution in [2.75, 3.05) is 17.6 Å². The molecule has 1 saturated heterocycles. The number of urea groups is 1. The molecule has 1 aliphatic heterocycles. The van der Waals surface area contributed by atoms with Crippen LogP contribution in [0.4, 0.5) is 14.9 Å². The number of carboxylic acid groups (broad SMARTS) is 1. The van der Waals surface area contributed by atoms with Crippen LogP contribution >= 0.6 is 11.8 Å². The summed E-state index contributed by atoms with van der Waals surface area (Å²) in [6.45, 7) is 0.525. The summed E-state index contributed by atoms with van der Waals surface area (Å²) in [5, 5.41) is 14.3. The molecule has 1 atom stereocenters. The Morgan fingerprint density at radius 1 is 1.38 bits per heavy atom. The highest BCUT2D eigenvalue weighted by atomic mass is 32.2. The largest absolute Gasteiger partial charge is 0.478 e. The lowest BCUT2D eigenvalue weighted by molar-refractivity contribution is 0.0697. The standard InChI is InChI=1S/C14H17FN2O3S/c15-11-5-4-9(13(18)19)7-12(11)17-14(20)16-8-10-3-1-2-6-21-10/h4-5,7,10H,1-3,6,8H2,(H,18,19)(H2,16,17,20). The minimum absolute atomic E-state index is 0.0745. The van der Waals surface area contributed by atoms with Crippen molar-refractivity contribution in [3.63, 3.8) is 0 Å². The average molecular weight is 312 g/mol. The molecule has 0 aliphatic carbocycles. The number of hydrogen-bond acceptors (Lipinski definition) is 3. The summed E-state index contributed by atoms with van der Waals surface area (Å²) >= 11 is 1.83. The van der Waals surface area contributed by atoms with Crippen molar-refractivity contribution in [2.24, 2.45) is 0 Å². The number of benzene rings is 1. The van der Waals surface area contributed by atoms with E-state index in [0.717, 1.165) is 36.8 Å². The second-order valence-corrected chi connectivity index (χ2v) is 6.23. The maximum absolute atomic E-state index is 13.5. The summed E-state index contributed by atoms with van der Waals surface area (Å²) in [5.41, 5.74) is -0.210. The molecule has 1 aromatic rings. The van der Waals surface area contributed by atoms with Gasteiger partial charge in [-0.05, 0) is 36.8 Å². The molecule has 0 aromatic heterocycles. The van der Waals surface area contributed by atoms with Crippen molar-refractivity contribution < 1.29 is 19.1 Å². The van der Waals surface area contributed by atoms with Crippen molar-refractivity contribution in [1.29, 1.82) is 0 Å². The molecule has 5 nitrogen and oxygen atoms in total. The number of aromatic carboxylic acids is 1. The van der Waals surface area contributed by atoms with E-state index in [1.807, 2.05) is 11.8 Å². The third-order valence-electron chi connectivity index (χ3n) is 3.23. The van der Waals surface area contributed by atoms with Crippen LogP contribution in [0.2, 0.25) is 0 Å². The molecule has 1 heterocycles. The SMILES string of the molecule is O=C(NCC1CCCCS1)Nc1cc(C(=O)O)ccc1F. The van der Waals surface area contributed by atoms with Gasteiger partial charge in [-0.25, -0.2) is 14.0 Å². The minimum Gasteiger partial charge on any atom is -0.478 e. The highest BCUT2D eigenvalue weighted by Gasteiger charge is 2.15. The highest BCUT2D eigenvalue weighted by molar-refractivity contribution is 7.99. The first-order chi connectivity index (χ1) is 10.1. The molecule has 1 unspecified atom stereocenters. The first kappa shape index (κ1) is 15.6. The molecule has 7 heteroatoms. The monoisotopic (exact) mass is 312 g/mol. The number of nitrogens with one attached hydrogen (secondary N) is 2. The lowest BCUT2D eigenvalue weighted by atomic mass is 10.2. The van der Waals surface area contributed by atoms with Crippen LogP contribution in [0.15, 0.2) is 18.2 Å². The molecule has 1 fully saturated rings. The number of thioether (sulfide) groups is 1. The van der Waals surface area contributed by atoms with Crippen LogP contribution < -0.4 is 10.6 Å². The first-order valence-corrected chi connectivity index (χ1v) is 7.80. The van der Waals surface area contributed by atoms with Gasteiger partial charge in [-0.1, -0.05) is 6.42 Å².